The second-order valence-corrected chi connectivity index (χ2v) is 6.33. The molecule has 0 unspecified atom stereocenters. The summed E-state index contributed by atoms with van der Waals surface area (Å²) in [5.74, 6) is 0.0931. The van der Waals surface area contributed by atoms with Crippen molar-refractivity contribution >= 4 is 0 Å². The van der Waals surface area contributed by atoms with Crippen LogP contribution in [0.15, 0.2) is 18.2 Å². The second kappa shape index (κ2) is 11.4. The Labute approximate surface area is 135 Å². The highest BCUT2D eigenvalue weighted by Crippen LogP contribution is 2.22. The van der Waals surface area contributed by atoms with Crippen LogP contribution in [0.4, 0.5) is 0 Å². The summed E-state index contributed by atoms with van der Waals surface area (Å²) >= 11 is 0. The van der Waals surface area contributed by atoms with E-state index in [1.54, 1.807) is 12.1 Å². The van der Waals surface area contributed by atoms with Gasteiger partial charge in [-0.05, 0) is 30.5 Å². The van der Waals surface area contributed by atoms with Crippen molar-refractivity contribution in [2.24, 2.45) is 0 Å². The predicted octanol–water partition coefficient (Wildman–Crippen LogP) is 4.92. The molecule has 1 aromatic carbocycles. The first-order valence-corrected chi connectivity index (χ1v) is 8.81. The molecule has 0 aliphatic carbocycles. The van der Waals surface area contributed by atoms with Crippen LogP contribution in [0.5, 0.6) is 11.5 Å². The molecular weight excluding hydrogens is 276 g/mol. The van der Waals surface area contributed by atoms with Crippen molar-refractivity contribution < 1.29 is 15.3 Å². The molecule has 0 radical (unpaired) electrons. The van der Waals surface area contributed by atoms with Crippen molar-refractivity contribution in [2.75, 3.05) is 0 Å². The normalized spacial score (nSPS) is 12.5. The van der Waals surface area contributed by atoms with Gasteiger partial charge >= 0.3 is 0 Å². The summed E-state index contributed by atoms with van der Waals surface area (Å²) in [5.41, 5.74) is 0.779. The lowest BCUT2D eigenvalue weighted by atomic mass is 10.0. The first-order chi connectivity index (χ1) is 10.6. The minimum Gasteiger partial charge on any atom is -0.508 e. The van der Waals surface area contributed by atoms with Gasteiger partial charge in [-0.1, -0.05) is 64.7 Å². The minimum absolute atomic E-state index is 0.0465. The van der Waals surface area contributed by atoms with Crippen molar-refractivity contribution in [3.8, 4) is 11.5 Å². The maximum Gasteiger partial charge on any atom is 0.119 e. The highest BCUT2D eigenvalue weighted by Gasteiger charge is 2.07. The Hall–Kier alpha value is -1.22. The summed E-state index contributed by atoms with van der Waals surface area (Å²) < 4.78 is 0. The largest absolute Gasteiger partial charge is 0.508 e. The third-order valence-corrected chi connectivity index (χ3v) is 4.07. The number of phenolic OH excluding ortho intramolecular Hbond substituents is 2. The van der Waals surface area contributed by atoms with Crippen molar-refractivity contribution in [3.05, 3.63) is 23.8 Å². The SMILES string of the molecule is CCCCCCCCCCC[C@@H](O)Cc1cc(O)cc(O)c1. The van der Waals surface area contributed by atoms with E-state index in [0.717, 1.165) is 18.4 Å². The number of benzene rings is 1. The maximum absolute atomic E-state index is 10.0. The van der Waals surface area contributed by atoms with Gasteiger partial charge in [-0.2, -0.15) is 0 Å². The monoisotopic (exact) mass is 308 g/mol. The number of aliphatic hydroxyl groups excluding tert-OH is 1. The summed E-state index contributed by atoms with van der Waals surface area (Å²) in [6, 6.07) is 4.49. The highest BCUT2D eigenvalue weighted by molar-refractivity contribution is 5.36. The van der Waals surface area contributed by atoms with Crippen molar-refractivity contribution in [3.63, 3.8) is 0 Å². The van der Waals surface area contributed by atoms with Crippen molar-refractivity contribution in [2.45, 2.75) is 83.7 Å². The minimum atomic E-state index is -0.397. The van der Waals surface area contributed by atoms with Gasteiger partial charge in [-0.3, -0.25) is 0 Å². The molecule has 0 aromatic heterocycles. The lowest BCUT2D eigenvalue weighted by Gasteiger charge is -2.11. The summed E-state index contributed by atoms with van der Waals surface area (Å²) in [5, 5.41) is 28.9. The van der Waals surface area contributed by atoms with Gasteiger partial charge in [0.1, 0.15) is 11.5 Å². The topological polar surface area (TPSA) is 60.7 Å². The maximum atomic E-state index is 10.0. The van der Waals surface area contributed by atoms with E-state index in [9.17, 15) is 15.3 Å². The van der Waals surface area contributed by atoms with Gasteiger partial charge in [0.15, 0.2) is 0 Å². The van der Waals surface area contributed by atoms with E-state index in [1.807, 2.05) is 0 Å². The molecule has 126 valence electrons. The number of aromatic hydroxyl groups is 2. The molecule has 0 aliphatic rings. The second-order valence-electron chi connectivity index (χ2n) is 6.33. The molecule has 0 bridgehead atoms. The van der Waals surface area contributed by atoms with Gasteiger partial charge in [0.25, 0.3) is 0 Å². The third-order valence-electron chi connectivity index (χ3n) is 4.07. The van der Waals surface area contributed by atoms with E-state index in [-0.39, 0.29) is 11.5 Å². The van der Waals surface area contributed by atoms with Gasteiger partial charge < -0.3 is 15.3 Å². The number of phenols is 2. The van der Waals surface area contributed by atoms with Crippen LogP contribution < -0.4 is 0 Å². The van der Waals surface area contributed by atoms with Crippen molar-refractivity contribution in [1.82, 2.24) is 0 Å². The Bertz CT molecular complexity index is 383. The van der Waals surface area contributed by atoms with E-state index in [2.05, 4.69) is 6.92 Å². The fourth-order valence-electron chi connectivity index (χ4n) is 2.84. The summed E-state index contributed by atoms with van der Waals surface area (Å²) in [6.07, 6.45) is 12.4. The zero-order chi connectivity index (χ0) is 16.2. The fraction of sp³-hybridized carbons (Fsp3) is 0.684. The molecule has 0 fully saturated rings. The molecule has 1 rings (SSSR count). The molecule has 3 nitrogen and oxygen atoms in total. The lowest BCUT2D eigenvalue weighted by molar-refractivity contribution is 0.160. The average Bonchev–Trinajstić information content (AvgIpc) is 2.44. The molecule has 3 N–H and O–H groups in total. The Morgan fingerprint density at radius 2 is 1.27 bits per heavy atom. The highest BCUT2D eigenvalue weighted by atomic mass is 16.3. The molecule has 0 aliphatic heterocycles. The van der Waals surface area contributed by atoms with Crippen LogP contribution >= 0.6 is 0 Å². The molecule has 0 amide bonds. The van der Waals surface area contributed by atoms with Gasteiger partial charge in [0.05, 0.1) is 6.10 Å². The number of hydrogen-bond donors (Lipinski definition) is 3. The Morgan fingerprint density at radius 3 is 1.82 bits per heavy atom. The first kappa shape index (κ1) is 18.8. The average molecular weight is 308 g/mol. The van der Waals surface area contributed by atoms with E-state index in [1.165, 1.54) is 57.4 Å². The number of rotatable bonds is 12. The quantitative estimate of drug-likeness (QED) is 0.480. The zero-order valence-electron chi connectivity index (χ0n) is 13.9. The van der Waals surface area contributed by atoms with Crippen LogP contribution in [0.1, 0.15) is 76.7 Å². The van der Waals surface area contributed by atoms with Crippen LogP contribution in [0.25, 0.3) is 0 Å². The predicted molar refractivity (Wildman–Crippen MR) is 91.3 cm³/mol. The molecule has 0 heterocycles. The number of hydrogen-bond acceptors (Lipinski definition) is 3. The lowest BCUT2D eigenvalue weighted by Crippen LogP contribution is -2.10. The number of unbranched alkanes of at least 4 members (excludes halogenated alkanes) is 8. The van der Waals surface area contributed by atoms with Crippen LogP contribution in [-0.4, -0.2) is 21.4 Å². The zero-order valence-corrected chi connectivity index (χ0v) is 13.9. The van der Waals surface area contributed by atoms with E-state index < -0.39 is 6.10 Å². The van der Waals surface area contributed by atoms with Gasteiger partial charge in [-0.15, -0.1) is 0 Å². The molecule has 0 spiro atoms. The first-order valence-electron chi connectivity index (χ1n) is 8.81. The smallest absolute Gasteiger partial charge is 0.119 e. The summed E-state index contributed by atoms with van der Waals surface area (Å²) in [6.45, 7) is 2.24. The van der Waals surface area contributed by atoms with E-state index in [4.69, 9.17) is 0 Å². The molecule has 22 heavy (non-hydrogen) atoms. The van der Waals surface area contributed by atoms with E-state index in [0.29, 0.717) is 6.42 Å². The Morgan fingerprint density at radius 1 is 0.773 bits per heavy atom. The molecule has 3 heteroatoms. The van der Waals surface area contributed by atoms with Crippen LogP contribution in [0.3, 0.4) is 0 Å². The molecular formula is C19H32O3. The van der Waals surface area contributed by atoms with Crippen LogP contribution in [0, 0.1) is 0 Å². The third kappa shape index (κ3) is 8.93. The van der Waals surface area contributed by atoms with Crippen LogP contribution in [0.2, 0.25) is 0 Å². The Balaban J connectivity index is 2.05. The van der Waals surface area contributed by atoms with E-state index >= 15 is 0 Å². The fourth-order valence-corrected chi connectivity index (χ4v) is 2.84. The molecule has 0 saturated carbocycles. The molecule has 1 atom stereocenters. The van der Waals surface area contributed by atoms with Gasteiger partial charge in [-0.25, -0.2) is 0 Å². The van der Waals surface area contributed by atoms with Gasteiger partial charge in [0.2, 0.25) is 0 Å². The van der Waals surface area contributed by atoms with Crippen LogP contribution in [-0.2, 0) is 6.42 Å². The Kier molecular flexibility index (Phi) is 9.72. The summed E-state index contributed by atoms with van der Waals surface area (Å²) in [7, 11) is 0. The molecule has 1 aromatic rings. The van der Waals surface area contributed by atoms with Gasteiger partial charge in [0, 0.05) is 6.07 Å². The number of aliphatic hydroxyl groups is 1. The molecule has 0 saturated heterocycles. The standard InChI is InChI=1S/C19H32O3/c1-2-3-4-5-6-7-8-9-10-11-17(20)12-16-13-18(21)15-19(22)14-16/h13-15,17,20-22H,2-12H2,1H3/t17-/m1/s1. The van der Waals surface area contributed by atoms with Crippen molar-refractivity contribution in [1.29, 1.82) is 0 Å². The summed E-state index contributed by atoms with van der Waals surface area (Å²) in [4.78, 5) is 0.